The molecule has 1 aromatic heterocycles. The van der Waals surface area contributed by atoms with Crippen LogP contribution in [0.2, 0.25) is 0 Å². The molecule has 6 heteroatoms. The lowest BCUT2D eigenvalue weighted by Gasteiger charge is -2.23. The minimum Gasteiger partial charge on any atom is -0.368 e. The van der Waals surface area contributed by atoms with Crippen LogP contribution in [0.5, 0.6) is 0 Å². The van der Waals surface area contributed by atoms with Crippen molar-refractivity contribution in [1.82, 2.24) is 9.97 Å². The maximum absolute atomic E-state index is 4.41. The van der Waals surface area contributed by atoms with Gasteiger partial charge in [-0.25, -0.2) is 4.98 Å². The summed E-state index contributed by atoms with van der Waals surface area (Å²) in [6.07, 6.45) is 3.88. The van der Waals surface area contributed by atoms with Crippen molar-refractivity contribution in [3.05, 3.63) is 10.7 Å². The lowest BCUT2D eigenvalue weighted by molar-refractivity contribution is 0.749. The first-order chi connectivity index (χ1) is 7.98. The Morgan fingerprint density at radius 3 is 2.71 bits per heavy atom. The van der Waals surface area contributed by atoms with Crippen LogP contribution >= 0.6 is 27.7 Å². The minimum atomic E-state index is 0.183. The van der Waals surface area contributed by atoms with E-state index in [1.54, 1.807) is 6.20 Å². The molecule has 0 aliphatic carbocycles. The van der Waals surface area contributed by atoms with Crippen LogP contribution in [0, 0.1) is 0 Å². The zero-order valence-corrected chi connectivity index (χ0v) is 13.1. The number of aromatic nitrogens is 2. The zero-order valence-electron chi connectivity index (χ0n) is 10.7. The summed E-state index contributed by atoms with van der Waals surface area (Å²) in [5.74, 6) is 1.48. The van der Waals surface area contributed by atoms with E-state index < -0.39 is 0 Å². The molecule has 0 amide bonds. The Kier molecular flexibility index (Phi) is 5.52. The number of hydrogen-bond donors (Lipinski definition) is 2. The summed E-state index contributed by atoms with van der Waals surface area (Å²) in [5, 5.41) is 6.44. The van der Waals surface area contributed by atoms with Gasteiger partial charge in [-0.15, -0.1) is 0 Å². The molecule has 0 bridgehead atoms. The van der Waals surface area contributed by atoms with Gasteiger partial charge in [-0.1, -0.05) is 0 Å². The molecule has 0 aromatic carbocycles. The summed E-state index contributed by atoms with van der Waals surface area (Å²) in [4.78, 5) is 8.59. The summed E-state index contributed by atoms with van der Waals surface area (Å²) in [6.45, 7) is 8.10. The van der Waals surface area contributed by atoms with Gasteiger partial charge >= 0.3 is 0 Å². The van der Waals surface area contributed by atoms with Gasteiger partial charge in [-0.2, -0.15) is 16.7 Å². The summed E-state index contributed by atoms with van der Waals surface area (Å²) >= 11 is 5.28. The fraction of sp³-hybridized carbons (Fsp3) is 0.636. The van der Waals surface area contributed by atoms with E-state index in [2.05, 4.69) is 56.6 Å². The molecule has 1 rings (SSSR count). The van der Waals surface area contributed by atoms with Crippen molar-refractivity contribution in [3.8, 4) is 0 Å². The molecule has 0 saturated carbocycles. The Bertz CT molecular complexity index is 370. The Balaban J connectivity index is 2.72. The topological polar surface area (TPSA) is 49.8 Å². The van der Waals surface area contributed by atoms with Crippen molar-refractivity contribution in [2.45, 2.75) is 25.5 Å². The quantitative estimate of drug-likeness (QED) is 0.843. The number of thioether (sulfide) groups is 1. The zero-order chi connectivity index (χ0) is 12.9. The summed E-state index contributed by atoms with van der Waals surface area (Å²) in [6, 6.07) is 0. The van der Waals surface area contributed by atoms with Crippen molar-refractivity contribution < 1.29 is 0 Å². The van der Waals surface area contributed by atoms with Crippen LogP contribution in [0.15, 0.2) is 10.7 Å². The third-order valence-corrected chi connectivity index (χ3v) is 4.14. The van der Waals surface area contributed by atoms with E-state index in [4.69, 9.17) is 0 Å². The summed E-state index contributed by atoms with van der Waals surface area (Å²) in [7, 11) is 0. The number of halogens is 1. The first kappa shape index (κ1) is 14.6. The summed E-state index contributed by atoms with van der Waals surface area (Å²) < 4.78 is 1.07. The number of nitrogens with zero attached hydrogens (tertiary/aromatic N) is 2. The molecule has 0 aliphatic heterocycles. The van der Waals surface area contributed by atoms with Crippen LogP contribution in [-0.2, 0) is 0 Å². The molecule has 0 spiro atoms. The van der Waals surface area contributed by atoms with E-state index in [0.29, 0.717) is 5.95 Å². The van der Waals surface area contributed by atoms with Crippen LogP contribution < -0.4 is 10.6 Å². The number of hydrogen-bond acceptors (Lipinski definition) is 5. The Hall–Kier alpha value is -0.490. The molecule has 2 N–H and O–H groups in total. The highest BCUT2D eigenvalue weighted by Crippen LogP contribution is 2.24. The molecule has 4 nitrogen and oxygen atoms in total. The standard InChI is InChI=1S/C11H19BrN4S/c1-5-13-10-14-6-8(12)9(16-10)15-7-11(2,3)17-4/h6H,5,7H2,1-4H3,(H2,13,14,15,16). The van der Waals surface area contributed by atoms with E-state index in [-0.39, 0.29) is 4.75 Å². The highest BCUT2D eigenvalue weighted by Gasteiger charge is 2.16. The molecular weight excluding hydrogens is 300 g/mol. The van der Waals surface area contributed by atoms with Gasteiger partial charge in [0.2, 0.25) is 5.95 Å². The van der Waals surface area contributed by atoms with Crippen molar-refractivity contribution >= 4 is 39.5 Å². The normalized spacial score (nSPS) is 11.4. The van der Waals surface area contributed by atoms with Crippen LogP contribution in [0.1, 0.15) is 20.8 Å². The predicted octanol–water partition coefficient (Wildman–Crippen LogP) is 3.22. The molecule has 1 aromatic rings. The smallest absolute Gasteiger partial charge is 0.224 e. The average Bonchev–Trinajstić information content (AvgIpc) is 2.30. The fourth-order valence-corrected chi connectivity index (χ4v) is 1.65. The van der Waals surface area contributed by atoms with Crippen molar-refractivity contribution in [2.24, 2.45) is 0 Å². The fourth-order valence-electron chi connectivity index (χ4n) is 1.10. The van der Waals surface area contributed by atoms with Gasteiger partial charge in [0.25, 0.3) is 0 Å². The van der Waals surface area contributed by atoms with Gasteiger partial charge in [0.1, 0.15) is 5.82 Å². The van der Waals surface area contributed by atoms with Crippen molar-refractivity contribution in [2.75, 3.05) is 30.0 Å². The molecule has 17 heavy (non-hydrogen) atoms. The molecule has 1 heterocycles. The lowest BCUT2D eigenvalue weighted by Crippen LogP contribution is -2.26. The van der Waals surface area contributed by atoms with Gasteiger partial charge < -0.3 is 10.6 Å². The molecule has 0 aliphatic rings. The second-order valence-corrected chi connectivity index (χ2v) is 6.61. The molecule has 0 unspecified atom stereocenters. The predicted molar refractivity (Wildman–Crippen MR) is 80.0 cm³/mol. The molecule has 0 fully saturated rings. The maximum atomic E-state index is 4.41. The minimum absolute atomic E-state index is 0.183. The second kappa shape index (κ2) is 6.44. The number of nitrogens with one attached hydrogen (secondary N) is 2. The molecule has 0 saturated heterocycles. The first-order valence-electron chi connectivity index (χ1n) is 5.54. The highest BCUT2D eigenvalue weighted by atomic mass is 79.9. The number of anilines is 2. The molecular formula is C11H19BrN4S. The van der Waals surface area contributed by atoms with E-state index in [1.807, 2.05) is 18.7 Å². The largest absolute Gasteiger partial charge is 0.368 e. The average molecular weight is 319 g/mol. The summed E-state index contributed by atoms with van der Waals surface area (Å²) in [5.41, 5.74) is 0. The van der Waals surface area contributed by atoms with Crippen LogP contribution in [-0.4, -0.2) is 34.1 Å². The van der Waals surface area contributed by atoms with Crippen LogP contribution in [0.25, 0.3) is 0 Å². The van der Waals surface area contributed by atoms with Gasteiger partial charge in [-0.05, 0) is 43.0 Å². The molecule has 0 atom stereocenters. The van der Waals surface area contributed by atoms with Gasteiger partial charge in [-0.3, -0.25) is 0 Å². The molecule has 0 radical (unpaired) electrons. The first-order valence-corrected chi connectivity index (χ1v) is 7.55. The second-order valence-electron chi connectivity index (χ2n) is 4.24. The van der Waals surface area contributed by atoms with E-state index in [9.17, 15) is 0 Å². The third kappa shape index (κ3) is 4.71. The lowest BCUT2D eigenvalue weighted by atomic mass is 10.2. The van der Waals surface area contributed by atoms with Crippen molar-refractivity contribution in [3.63, 3.8) is 0 Å². The number of rotatable bonds is 6. The van der Waals surface area contributed by atoms with Crippen LogP contribution in [0.4, 0.5) is 11.8 Å². The molecule has 96 valence electrons. The Labute approximate surface area is 116 Å². The Morgan fingerprint density at radius 1 is 1.41 bits per heavy atom. The maximum Gasteiger partial charge on any atom is 0.224 e. The van der Waals surface area contributed by atoms with E-state index >= 15 is 0 Å². The van der Waals surface area contributed by atoms with Crippen LogP contribution in [0.3, 0.4) is 0 Å². The Morgan fingerprint density at radius 2 is 2.12 bits per heavy atom. The SMILES string of the molecule is CCNc1ncc(Br)c(NCC(C)(C)SC)n1. The van der Waals surface area contributed by atoms with Gasteiger partial charge in [0.15, 0.2) is 0 Å². The van der Waals surface area contributed by atoms with E-state index in [0.717, 1.165) is 23.4 Å². The third-order valence-electron chi connectivity index (χ3n) is 2.31. The van der Waals surface area contributed by atoms with Crippen molar-refractivity contribution in [1.29, 1.82) is 0 Å². The van der Waals surface area contributed by atoms with E-state index in [1.165, 1.54) is 0 Å². The van der Waals surface area contributed by atoms with Gasteiger partial charge in [0.05, 0.1) is 4.47 Å². The van der Waals surface area contributed by atoms with Gasteiger partial charge in [0, 0.05) is 24.0 Å². The monoisotopic (exact) mass is 318 g/mol. The highest BCUT2D eigenvalue weighted by molar-refractivity contribution is 9.10.